The fourth-order valence-electron chi connectivity index (χ4n) is 3.02. The molecule has 118 valence electrons. The number of aromatic nitrogens is 1. The zero-order valence-corrected chi connectivity index (χ0v) is 13.6. The van der Waals surface area contributed by atoms with Crippen LogP contribution in [0.3, 0.4) is 0 Å². The van der Waals surface area contributed by atoms with Gasteiger partial charge in [0.25, 0.3) is 5.91 Å². The second kappa shape index (κ2) is 6.18. The van der Waals surface area contributed by atoms with E-state index in [1.807, 2.05) is 29.2 Å². The van der Waals surface area contributed by atoms with Crippen LogP contribution in [0.5, 0.6) is 0 Å². The first kappa shape index (κ1) is 14.5. The number of hydrogen-bond donors (Lipinski definition) is 0. The Kier molecular flexibility index (Phi) is 3.89. The number of rotatable bonds is 3. The summed E-state index contributed by atoms with van der Waals surface area (Å²) < 4.78 is 8.66. The SMILES string of the molecule is O=C(c1cc2sccc2n1Cc1ccccc1)N1CCOCC1. The van der Waals surface area contributed by atoms with Crippen LogP contribution in [0.25, 0.3) is 10.2 Å². The number of nitrogens with zero attached hydrogens (tertiary/aromatic N) is 2. The van der Waals surface area contributed by atoms with Crippen molar-refractivity contribution in [2.24, 2.45) is 0 Å². The van der Waals surface area contributed by atoms with Crippen LogP contribution in [0.2, 0.25) is 0 Å². The monoisotopic (exact) mass is 326 g/mol. The number of thiophene rings is 1. The summed E-state index contributed by atoms with van der Waals surface area (Å²) in [5, 5.41) is 2.08. The van der Waals surface area contributed by atoms with Gasteiger partial charge in [0.1, 0.15) is 5.69 Å². The van der Waals surface area contributed by atoms with E-state index in [1.54, 1.807) is 11.3 Å². The maximum atomic E-state index is 12.9. The van der Waals surface area contributed by atoms with Gasteiger partial charge in [-0.1, -0.05) is 30.3 Å². The Morgan fingerprint density at radius 3 is 2.70 bits per heavy atom. The highest BCUT2D eigenvalue weighted by atomic mass is 32.1. The maximum Gasteiger partial charge on any atom is 0.270 e. The Hall–Kier alpha value is -2.11. The van der Waals surface area contributed by atoms with Gasteiger partial charge in [-0.15, -0.1) is 11.3 Å². The predicted molar refractivity (Wildman–Crippen MR) is 92.1 cm³/mol. The van der Waals surface area contributed by atoms with Crippen molar-refractivity contribution in [3.8, 4) is 0 Å². The third-order valence-corrected chi connectivity index (χ3v) is 5.08. The molecule has 2 aromatic heterocycles. The number of fused-ring (bicyclic) bond motifs is 1. The van der Waals surface area contributed by atoms with Crippen molar-refractivity contribution in [2.45, 2.75) is 6.54 Å². The molecule has 1 fully saturated rings. The molecule has 0 atom stereocenters. The summed E-state index contributed by atoms with van der Waals surface area (Å²) in [5.74, 6) is 0.104. The topological polar surface area (TPSA) is 34.5 Å². The van der Waals surface area contributed by atoms with E-state index in [1.165, 1.54) is 5.56 Å². The standard InChI is InChI=1S/C18H18N2O2S/c21-18(19-7-9-22-10-8-19)16-12-17-15(6-11-23-17)20(16)13-14-4-2-1-3-5-14/h1-6,11-12H,7-10,13H2. The smallest absolute Gasteiger partial charge is 0.270 e. The fraction of sp³-hybridized carbons (Fsp3) is 0.278. The summed E-state index contributed by atoms with van der Waals surface area (Å²) in [6.45, 7) is 3.30. The number of carbonyl (C=O) groups is 1. The van der Waals surface area contributed by atoms with Gasteiger partial charge in [0.15, 0.2) is 0 Å². The van der Waals surface area contributed by atoms with Crippen molar-refractivity contribution >= 4 is 27.5 Å². The Bertz CT molecular complexity index is 816. The number of hydrogen-bond acceptors (Lipinski definition) is 3. The molecule has 0 unspecified atom stereocenters. The summed E-state index contributed by atoms with van der Waals surface area (Å²) in [4.78, 5) is 14.8. The van der Waals surface area contributed by atoms with Crippen molar-refractivity contribution < 1.29 is 9.53 Å². The Labute approximate surface area is 138 Å². The second-order valence-electron chi connectivity index (χ2n) is 5.68. The van der Waals surface area contributed by atoms with Gasteiger partial charge in [-0.05, 0) is 23.1 Å². The van der Waals surface area contributed by atoms with Crippen molar-refractivity contribution in [3.05, 3.63) is 59.1 Å². The highest BCUT2D eigenvalue weighted by Crippen LogP contribution is 2.27. The van der Waals surface area contributed by atoms with E-state index in [0.717, 1.165) is 15.9 Å². The molecule has 1 aliphatic heterocycles. The first-order chi connectivity index (χ1) is 11.3. The lowest BCUT2D eigenvalue weighted by Gasteiger charge is -2.27. The van der Waals surface area contributed by atoms with Gasteiger partial charge in [0.2, 0.25) is 0 Å². The summed E-state index contributed by atoms with van der Waals surface area (Å²) in [6.07, 6.45) is 0. The van der Waals surface area contributed by atoms with Crippen LogP contribution >= 0.6 is 11.3 Å². The van der Waals surface area contributed by atoms with Gasteiger partial charge >= 0.3 is 0 Å². The third-order valence-electron chi connectivity index (χ3n) is 4.22. The average molecular weight is 326 g/mol. The largest absolute Gasteiger partial charge is 0.378 e. The van der Waals surface area contributed by atoms with Gasteiger partial charge in [0.05, 0.1) is 23.4 Å². The molecular weight excluding hydrogens is 308 g/mol. The third kappa shape index (κ3) is 2.78. The molecule has 0 bridgehead atoms. The number of benzene rings is 1. The molecule has 0 aliphatic carbocycles. The highest BCUT2D eigenvalue weighted by Gasteiger charge is 2.23. The number of ether oxygens (including phenoxy) is 1. The van der Waals surface area contributed by atoms with E-state index in [2.05, 4.69) is 28.1 Å². The molecule has 4 nitrogen and oxygen atoms in total. The minimum atomic E-state index is 0.104. The van der Waals surface area contributed by atoms with Crippen molar-refractivity contribution in [2.75, 3.05) is 26.3 Å². The van der Waals surface area contributed by atoms with Crippen LogP contribution in [-0.4, -0.2) is 41.7 Å². The molecule has 1 saturated heterocycles. The van der Waals surface area contributed by atoms with E-state index in [9.17, 15) is 4.79 Å². The molecule has 1 amide bonds. The summed E-state index contributed by atoms with van der Waals surface area (Å²) in [5.41, 5.74) is 3.11. The number of amides is 1. The van der Waals surface area contributed by atoms with E-state index >= 15 is 0 Å². The second-order valence-corrected chi connectivity index (χ2v) is 6.62. The van der Waals surface area contributed by atoms with Gasteiger partial charge < -0.3 is 14.2 Å². The van der Waals surface area contributed by atoms with Crippen LogP contribution in [0.1, 0.15) is 16.1 Å². The van der Waals surface area contributed by atoms with Crippen LogP contribution in [0, 0.1) is 0 Å². The molecular formula is C18H18N2O2S. The average Bonchev–Trinajstić information content (AvgIpc) is 3.19. The summed E-state index contributed by atoms with van der Waals surface area (Å²) in [7, 11) is 0. The lowest BCUT2D eigenvalue weighted by atomic mass is 10.2. The molecule has 23 heavy (non-hydrogen) atoms. The van der Waals surface area contributed by atoms with Crippen molar-refractivity contribution in [1.82, 2.24) is 9.47 Å². The predicted octanol–water partition coefficient (Wildman–Crippen LogP) is 3.22. The molecule has 3 heterocycles. The van der Waals surface area contributed by atoms with Gasteiger partial charge in [-0.2, -0.15) is 0 Å². The van der Waals surface area contributed by atoms with E-state index < -0.39 is 0 Å². The number of carbonyl (C=O) groups excluding carboxylic acids is 1. The Morgan fingerprint density at radius 2 is 1.91 bits per heavy atom. The lowest BCUT2D eigenvalue weighted by molar-refractivity contribution is 0.0296. The maximum absolute atomic E-state index is 12.9. The quantitative estimate of drug-likeness (QED) is 0.741. The molecule has 5 heteroatoms. The van der Waals surface area contributed by atoms with Crippen LogP contribution in [0.4, 0.5) is 0 Å². The minimum Gasteiger partial charge on any atom is -0.378 e. The minimum absolute atomic E-state index is 0.104. The molecule has 0 spiro atoms. The van der Waals surface area contributed by atoms with E-state index in [0.29, 0.717) is 32.8 Å². The normalized spacial score (nSPS) is 15.2. The molecule has 0 N–H and O–H groups in total. The van der Waals surface area contributed by atoms with Crippen LogP contribution in [0.15, 0.2) is 47.8 Å². The molecule has 0 saturated carbocycles. The Balaban J connectivity index is 1.72. The van der Waals surface area contributed by atoms with Crippen LogP contribution < -0.4 is 0 Å². The van der Waals surface area contributed by atoms with Crippen molar-refractivity contribution in [3.63, 3.8) is 0 Å². The van der Waals surface area contributed by atoms with E-state index in [4.69, 9.17) is 4.74 Å². The van der Waals surface area contributed by atoms with Gasteiger partial charge in [0, 0.05) is 19.6 Å². The first-order valence-electron chi connectivity index (χ1n) is 7.80. The number of morpholine rings is 1. The van der Waals surface area contributed by atoms with Crippen molar-refractivity contribution in [1.29, 1.82) is 0 Å². The van der Waals surface area contributed by atoms with E-state index in [-0.39, 0.29) is 5.91 Å². The van der Waals surface area contributed by atoms with Crippen LogP contribution in [-0.2, 0) is 11.3 Å². The van der Waals surface area contributed by atoms with Gasteiger partial charge in [-0.3, -0.25) is 4.79 Å². The zero-order chi connectivity index (χ0) is 15.6. The Morgan fingerprint density at radius 1 is 1.13 bits per heavy atom. The molecule has 4 rings (SSSR count). The van der Waals surface area contributed by atoms with Gasteiger partial charge in [-0.25, -0.2) is 0 Å². The fourth-order valence-corrected chi connectivity index (χ4v) is 3.84. The summed E-state index contributed by atoms with van der Waals surface area (Å²) >= 11 is 1.68. The zero-order valence-electron chi connectivity index (χ0n) is 12.8. The lowest BCUT2D eigenvalue weighted by Crippen LogP contribution is -2.41. The summed E-state index contributed by atoms with van der Waals surface area (Å²) in [6, 6.07) is 14.4. The molecule has 0 radical (unpaired) electrons. The first-order valence-corrected chi connectivity index (χ1v) is 8.68. The highest BCUT2D eigenvalue weighted by molar-refractivity contribution is 7.17. The molecule has 3 aromatic rings. The molecule has 1 aromatic carbocycles. The molecule has 1 aliphatic rings.